The average Bonchev–Trinajstić information content (AvgIpc) is 3.07. The van der Waals surface area contributed by atoms with Gasteiger partial charge in [0.2, 0.25) is 10.0 Å². The molecule has 0 unspecified atom stereocenters. The van der Waals surface area contributed by atoms with Gasteiger partial charge in [0.05, 0.1) is 17.6 Å². The highest BCUT2D eigenvalue weighted by Gasteiger charge is 2.44. The zero-order valence-corrected chi connectivity index (χ0v) is 13.9. The van der Waals surface area contributed by atoms with E-state index in [1.807, 2.05) is 6.07 Å². The van der Waals surface area contributed by atoms with Crippen LogP contribution >= 0.6 is 0 Å². The first-order valence-electron chi connectivity index (χ1n) is 7.88. The summed E-state index contributed by atoms with van der Waals surface area (Å²) in [4.78, 5) is 2.73. The van der Waals surface area contributed by atoms with Crippen molar-refractivity contribution in [2.75, 3.05) is 26.2 Å². The Labute approximate surface area is 132 Å². The normalized spacial score (nSPS) is 29.1. The number of nitrogens with zero attached hydrogens (tertiary/aromatic N) is 1. The third-order valence-electron chi connectivity index (χ3n) is 4.79. The van der Waals surface area contributed by atoms with E-state index in [0.717, 1.165) is 13.1 Å². The van der Waals surface area contributed by atoms with Gasteiger partial charge in [-0.3, -0.25) is 4.90 Å². The summed E-state index contributed by atoms with van der Waals surface area (Å²) in [5, 5.41) is 0. The molecule has 0 spiro atoms. The molecular weight excluding hydrogens is 300 g/mol. The van der Waals surface area contributed by atoms with Crippen molar-refractivity contribution in [3.05, 3.63) is 30.3 Å². The van der Waals surface area contributed by atoms with Crippen LogP contribution in [0.5, 0.6) is 0 Å². The van der Waals surface area contributed by atoms with E-state index in [-0.39, 0.29) is 12.0 Å². The number of sulfonamides is 1. The minimum absolute atomic E-state index is 0.257. The van der Waals surface area contributed by atoms with Gasteiger partial charge in [-0.15, -0.1) is 0 Å². The second-order valence-electron chi connectivity index (χ2n) is 6.51. The highest BCUT2D eigenvalue weighted by atomic mass is 32.2. The maximum Gasteiger partial charge on any atom is 0.240 e. The molecule has 0 amide bonds. The molecule has 1 aromatic rings. The van der Waals surface area contributed by atoms with Crippen LogP contribution < -0.4 is 4.72 Å². The quantitative estimate of drug-likeness (QED) is 0.887. The van der Waals surface area contributed by atoms with Crippen molar-refractivity contribution < 1.29 is 13.2 Å². The van der Waals surface area contributed by atoms with E-state index in [1.165, 1.54) is 0 Å². The molecule has 3 atom stereocenters. The second-order valence-corrected chi connectivity index (χ2v) is 8.28. The van der Waals surface area contributed by atoms with Gasteiger partial charge in [0.1, 0.15) is 0 Å². The van der Waals surface area contributed by atoms with Crippen molar-refractivity contribution >= 4 is 10.0 Å². The lowest BCUT2D eigenvalue weighted by Crippen LogP contribution is -2.35. The summed E-state index contributed by atoms with van der Waals surface area (Å²) >= 11 is 0. The van der Waals surface area contributed by atoms with Crippen molar-refractivity contribution in [1.29, 1.82) is 0 Å². The first-order chi connectivity index (χ1) is 10.5. The maximum atomic E-state index is 12.3. The number of hydrogen-bond donors (Lipinski definition) is 1. The van der Waals surface area contributed by atoms with E-state index >= 15 is 0 Å². The van der Waals surface area contributed by atoms with Crippen LogP contribution in [0.3, 0.4) is 0 Å². The molecule has 122 valence electrons. The number of likely N-dealkylation sites (tertiary alicyclic amines) is 1. The lowest BCUT2D eigenvalue weighted by molar-refractivity contribution is 0.0902. The molecule has 2 aliphatic heterocycles. The van der Waals surface area contributed by atoms with Crippen LogP contribution in [-0.4, -0.2) is 51.7 Å². The Morgan fingerprint density at radius 3 is 2.68 bits per heavy atom. The molecule has 0 saturated carbocycles. The van der Waals surface area contributed by atoms with E-state index in [4.69, 9.17) is 4.74 Å². The van der Waals surface area contributed by atoms with Crippen LogP contribution in [0.15, 0.2) is 35.2 Å². The Bertz CT molecular complexity index is 603. The fourth-order valence-electron chi connectivity index (χ4n) is 3.36. The minimum atomic E-state index is -3.43. The van der Waals surface area contributed by atoms with Gasteiger partial charge in [-0.2, -0.15) is 0 Å². The van der Waals surface area contributed by atoms with Gasteiger partial charge in [0.25, 0.3) is 0 Å². The summed E-state index contributed by atoms with van der Waals surface area (Å²) in [7, 11) is -3.43. The molecule has 0 radical (unpaired) electrons. The monoisotopic (exact) mass is 324 g/mol. The van der Waals surface area contributed by atoms with E-state index in [1.54, 1.807) is 24.3 Å². The Balaban J connectivity index is 1.61. The molecule has 2 saturated heterocycles. The van der Waals surface area contributed by atoms with Crippen LogP contribution in [0.4, 0.5) is 0 Å². The lowest BCUT2D eigenvalue weighted by Gasteiger charge is -2.23. The summed E-state index contributed by atoms with van der Waals surface area (Å²) in [6.45, 7) is 7.44. The minimum Gasteiger partial charge on any atom is -0.376 e. The number of rotatable bonds is 5. The van der Waals surface area contributed by atoms with Crippen LogP contribution in [0, 0.1) is 11.8 Å². The third kappa shape index (κ3) is 3.20. The summed E-state index contributed by atoms with van der Waals surface area (Å²) < 4.78 is 33.2. The second kappa shape index (κ2) is 6.28. The van der Waals surface area contributed by atoms with Crippen molar-refractivity contribution in [3.63, 3.8) is 0 Å². The molecule has 5 nitrogen and oxygen atoms in total. The van der Waals surface area contributed by atoms with E-state index in [0.29, 0.717) is 30.0 Å². The number of fused-ring (bicyclic) bond motifs is 1. The Morgan fingerprint density at radius 2 is 2.00 bits per heavy atom. The molecule has 2 aliphatic rings. The Hall–Kier alpha value is -0.950. The van der Waals surface area contributed by atoms with Gasteiger partial charge in [0, 0.05) is 37.5 Å². The Morgan fingerprint density at radius 1 is 1.27 bits per heavy atom. The molecular formula is C16H24N2O3S. The fraction of sp³-hybridized carbons (Fsp3) is 0.625. The van der Waals surface area contributed by atoms with Crippen molar-refractivity contribution in [1.82, 2.24) is 9.62 Å². The van der Waals surface area contributed by atoms with Gasteiger partial charge >= 0.3 is 0 Å². The number of ether oxygens (including phenoxy) is 1. The largest absolute Gasteiger partial charge is 0.376 e. The zero-order valence-electron chi connectivity index (χ0n) is 13.1. The summed E-state index contributed by atoms with van der Waals surface area (Å²) in [5.41, 5.74) is 0. The van der Waals surface area contributed by atoms with Gasteiger partial charge < -0.3 is 4.74 Å². The van der Waals surface area contributed by atoms with Gasteiger partial charge in [-0.1, -0.05) is 18.2 Å². The van der Waals surface area contributed by atoms with Gasteiger partial charge in [-0.25, -0.2) is 13.1 Å². The highest BCUT2D eigenvalue weighted by Crippen LogP contribution is 2.34. The van der Waals surface area contributed by atoms with Crippen molar-refractivity contribution in [3.8, 4) is 0 Å². The molecule has 3 rings (SSSR count). The number of benzene rings is 1. The fourth-order valence-corrected chi connectivity index (χ4v) is 4.48. The lowest BCUT2D eigenvalue weighted by atomic mass is 9.93. The molecule has 0 aromatic heterocycles. The Kier molecular flexibility index (Phi) is 4.54. The van der Waals surface area contributed by atoms with E-state index in [9.17, 15) is 8.42 Å². The number of hydrogen-bond acceptors (Lipinski definition) is 4. The average molecular weight is 324 g/mol. The van der Waals surface area contributed by atoms with Crippen LogP contribution in [0.2, 0.25) is 0 Å². The van der Waals surface area contributed by atoms with Crippen LogP contribution in [-0.2, 0) is 14.8 Å². The molecule has 1 aromatic carbocycles. The molecule has 2 heterocycles. The maximum absolute atomic E-state index is 12.3. The van der Waals surface area contributed by atoms with Gasteiger partial charge in [-0.05, 0) is 26.0 Å². The van der Waals surface area contributed by atoms with E-state index in [2.05, 4.69) is 23.5 Å². The number of nitrogens with one attached hydrogen (secondary N) is 1. The molecule has 22 heavy (non-hydrogen) atoms. The molecule has 2 fully saturated rings. The van der Waals surface area contributed by atoms with Crippen LogP contribution in [0.1, 0.15) is 13.8 Å². The van der Waals surface area contributed by atoms with Crippen molar-refractivity contribution in [2.45, 2.75) is 30.9 Å². The smallest absolute Gasteiger partial charge is 0.240 e. The molecule has 6 heteroatoms. The summed E-state index contributed by atoms with van der Waals surface area (Å²) in [6, 6.07) is 9.03. The SMILES string of the molecule is CC(C)N1C[C@@H]2[C@H](CNS(=O)(=O)c3ccccc3)CO[C@@H]2C1. The predicted octanol–water partition coefficient (Wildman–Crippen LogP) is 1.32. The zero-order chi connectivity index (χ0) is 15.7. The molecule has 1 N–H and O–H groups in total. The highest BCUT2D eigenvalue weighted by molar-refractivity contribution is 7.89. The predicted molar refractivity (Wildman–Crippen MR) is 85.1 cm³/mol. The van der Waals surface area contributed by atoms with Crippen LogP contribution in [0.25, 0.3) is 0 Å². The van der Waals surface area contributed by atoms with E-state index < -0.39 is 10.0 Å². The third-order valence-corrected chi connectivity index (χ3v) is 6.23. The summed E-state index contributed by atoms with van der Waals surface area (Å²) in [6.07, 6.45) is 0.258. The molecule has 0 aliphatic carbocycles. The first kappa shape index (κ1) is 15.9. The topological polar surface area (TPSA) is 58.6 Å². The standard InChI is InChI=1S/C16H24N2O3S/c1-12(2)18-9-15-13(11-21-16(15)10-18)8-17-22(19,20)14-6-4-3-5-7-14/h3-7,12-13,15-17H,8-11H2,1-2H3/t13-,15-,16-/m1/s1. The molecule has 0 bridgehead atoms. The van der Waals surface area contributed by atoms with Gasteiger partial charge in [0.15, 0.2) is 0 Å². The summed E-state index contributed by atoms with van der Waals surface area (Å²) in [5.74, 6) is 0.688. The van der Waals surface area contributed by atoms with Crippen molar-refractivity contribution in [2.24, 2.45) is 11.8 Å². The first-order valence-corrected chi connectivity index (χ1v) is 9.36.